The fourth-order valence-electron chi connectivity index (χ4n) is 12.3. The monoisotopic (exact) mass is 2060 g/mol. The van der Waals surface area contributed by atoms with E-state index in [1.807, 2.05) is 86.9 Å². The number of aromatic nitrogens is 2. The molecule has 14 rings (SSSR count). The molecule has 490 valence electrons. The van der Waals surface area contributed by atoms with Crippen molar-refractivity contribution in [3.8, 4) is 23.7 Å². The molecule has 0 saturated heterocycles. The molecule has 0 saturated carbocycles. The normalized spacial score (nSPS) is 10.4. The third-order valence-electron chi connectivity index (χ3n) is 17.0. The second kappa shape index (κ2) is 39.7. The summed E-state index contributed by atoms with van der Waals surface area (Å²) >= 11 is 0. The summed E-state index contributed by atoms with van der Waals surface area (Å²) in [6.45, 7) is 0. The third-order valence-corrected chi connectivity index (χ3v) is 29.8. The number of rotatable bonds is 15. The van der Waals surface area contributed by atoms with Crippen molar-refractivity contribution in [2.24, 2.45) is 14.1 Å². The molecule has 0 amide bonds. The minimum atomic E-state index is -0.847. The first kappa shape index (κ1) is 77.5. The van der Waals surface area contributed by atoms with Crippen LogP contribution < -0.4 is 42.4 Å². The van der Waals surface area contributed by atoms with E-state index in [2.05, 4.69) is 275 Å². The van der Waals surface area contributed by atoms with Gasteiger partial charge in [-0.2, -0.15) is 0 Å². The van der Waals surface area contributed by atoms with E-state index in [0.717, 1.165) is 65.9 Å². The van der Waals surface area contributed by atoms with Gasteiger partial charge in [0.15, 0.2) is 5.90 Å². The Kier molecular flexibility index (Phi) is 31.7. The summed E-state index contributed by atoms with van der Waals surface area (Å²) < 4.78 is 4.23. The van der Waals surface area contributed by atoms with Gasteiger partial charge in [0.05, 0.1) is 49.4 Å². The first-order valence-electron chi connectivity index (χ1n) is 31.4. The largest absolute Gasteiger partial charge is 1.00 e. The molecule has 0 bridgehead atoms. The number of fused-ring (bicyclic) bond motifs is 6. The fourth-order valence-corrected chi connectivity index (χ4v) is 25.4. The van der Waals surface area contributed by atoms with Crippen LogP contribution in [0, 0.1) is 49.4 Å². The average Bonchev–Trinajstić information content (AvgIpc) is 1.62. The van der Waals surface area contributed by atoms with Gasteiger partial charge in [-0.15, -0.1) is 70.8 Å². The van der Waals surface area contributed by atoms with Crippen LogP contribution in [0.3, 0.4) is 0 Å². The predicted octanol–water partition coefficient (Wildman–Crippen LogP) is 16.6. The van der Waals surface area contributed by atoms with Crippen molar-refractivity contribution in [1.29, 1.82) is 0 Å². The van der Waals surface area contributed by atoms with Gasteiger partial charge in [0.25, 0.3) is 0 Å². The Morgan fingerprint density at radius 2 is 0.423 bits per heavy atom. The molecule has 0 aliphatic rings. The van der Waals surface area contributed by atoms with Gasteiger partial charge >= 0.3 is 89.5 Å². The number of unbranched alkanes of at least 4 members (excludes halogenated alkanes) is 1. The van der Waals surface area contributed by atoms with Crippen LogP contribution in [-0.4, -0.2) is 27.4 Å². The van der Waals surface area contributed by atoms with E-state index in [1.54, 1.807) is 0 Å². The molecule has 0 fully saturated rings. The van der Waals surface area contributed by atoms with Crippen molar-refractivity contribution in [3.63, 3.8) is 0 Å². The van der Waals surface area contributed by atoms with Crippen LogP contribution >= 0.6 is 31.7 Å². The first-order valence-corrected chi connectivity index (χ1v) is 38.3. The first-order chi connectivity index (χ1) is 45.8. The van der Waals surface area contributed by atoms with Crippen LogP contribution in [0.2, 0.25) is 0 Å². The summed E-state index contributed by atoms with van der Waals surface area (Å²) in [6, 6.07) is 112. The third kappa shape index (κ3) is 20.0. The van der Waals surface area contributed by atoms with E-state index in [1.165, 1.54) is 73.5 Å². The smallest absolute Gasteiger partial charge is 0.366 e. The number of benzene rings is 12. The van der Waals surface area contributed by atoms with E-state index in [4.69, 9.17) is 25.7 Å². The summed E-state index contributed by atoms with van der Waals surface area (Å²) in [5.74, 6) is 10.9. The Hall–Kier alpha value is -6.84. The number of nitrogens with zero attached hydrogens (tertiary/aromatic N) is 2. The van der Waals surface area contributed by atoms with Crippen LogP contribution in [0.4, 0.5) is 0 Å². The predicted molar refractivity (Wildman–Crippen MR) is 411 cm³/mol. The summed E-state index contributed by atoms with van der Waals surface area (Å²) in [5.41, 5.74) is 7.52. The molecule has 97 heavy (non-hydrogen) atoms. The molecule has 0 aliphatic carbocycles. The van der Waals surface area contributed by atoms with Crippen LogP contribution in [0.25, 0.3) is 43.6 Å². The number of hydrogen-bond acceptors (Lipinski definition) is 0. The zero-order chi connectivity index (χ0) is 64.1. The molecule has 0 spiro atoms. The second-order valence-electron chi connectivity index (χ2n) is 22.8. The van der Waals surface area contributed by atoms with Crippen molar-refractivity contribution in [2.45, 2.75) is 12.8 Å². The van der Waals surface area contributed by atoms with E-state index in [9.17, 15) is 0 Å². The molecule has 2 nitrogen and oxygen atoms in total. The molecule has 0 aliphatic heterocycles. The van der Waals surface area contributed by atoms with E-state index in [-0.39, 0.29) is 89.5 Å². The molecule has 14 aromatic rings. The Morgan fingerprint density at radius 3 is 0.598 bits per heavy atom. The molecule has 0 unspecified atom stereocenters. The molecule has 12 aromatic carbocycles. The van der Waals surface area contributed by atoms with Crippen molar-refractivity contribution < 1.29 is 89.5 Å². The Balaban J connectivity index is 0.000000184. The Labute approximate surface area is 642 Å². The standard InChI is InChI=1S/C28H28P2.C25H22P2.2C17H9N.4Au/c1-5-15-25(16-6-1)29(26-17-7-2-8-18-26)23-13-14-24-30(27-19-9-3-10-20-27)28-21-11-4-12-22-28;1-5-13-22(14-6-1)26(23-15-7-2-8-16-23)21-27(24-17-9-3-10-18-24)25-19-11-4-12-20-25;2*1-4-12-6-8-16-14(10-12)15-11-13(5-2)7-9-17(15)18(16)3;;;;/h1-12,15-22H,13-14,23-24H2;1-20H,21H2;2*6-11H,3H3;;;;/q;;2*-2;4*+1/p+4. The minimum absolute atomic E-state index is 0. The summed E-state index contributed by atoms with van der Waals surface area (Å²) in [7, 11) is 0.917. The second-order valence-corrected chi connectivity index (χ2v) is 33.6. The molecule has 2 aromatic heterocycles. The van der Waals surface area contributed by atoms with Gasteiger partial charge in [-0.3, -0.25) is 23.7 Å². The Bertz CT molecular complexity index is 4300. The van der Waals surface area contributed by atoms with Crippen LogP contribution in [-0.2, 0) is 104 Å². The van der Waals surface area contributed by atoms with Crippen LogP contribution in [0.5, 0.6) is 0 Å². The van der Waals surface area contributed by atoms with Gasteiger partial charge in [-0.25, -0.2) is 0 Å². The topological polar surface area (TPSA) is 9.86 Å². The van der Waals surface area contributed by atoms with Crippen molar-refractivity contribution >= 4 is 118 Å². The van der Waals surface area contributed by atoms with Gasteiger partial charge in [0, 0.05) is 36.2 Å². The summed E-state index contributed by atoms with van der Waals surface area (Å²) in [6.07, 6.45) is 34.1. The minimum Gasteiger partial charge on any atom is -0.366 e. The van der Waals surface area contributed by atoms with Gasteiger partial charge in [0.1, 0.15) is 37.1 Å². The quantitative estimate of drug-likeness (QED) is 0.0318. The van der Waals surface area contributed by atoms with E-state index >= 15 is 0 Å². The maximum absolute atomic E-state index is 7.21. The molecule has 10 heteroatoms. The SMILES string of the molecule is [Au+].[Au+].[Au+].[Au+].[C-]#Cc1ccc2c(c1)c1cc(C#[C-])ccc1n2C.[C-]#Cc1ccc2c(c1)c1cc(C#[C-])ccc1n2C.c1ccc([PH+](CCCC[PH+](c2ccccc2)c2ccccc2)c2ccccc2)cc1.c1ccc([PH+](C[PH+](c2ccccc2)c2ccccc2)c2ccccc2)cc1. The molecule has 0 radical (unpaired) electrons. The van der Waals surface area contributed by atoms with Crippen molar-refractivity contribution in [1.82, 2.24) is 9.13 Å². The van der Waals surface area contributed by atoms with Gasteiger partial charge in [0.2, 0.25) is 0 Å². The maximum atomic E-state index is 7.21. The van der Waals surface area contributed by atoms with Gasteiger partial charge in [-0.05, 0) is 131 Å². The molecule has 0 N–H and O–H groups in total. The van der Waals surface area contributed by atoms with Crippen LogP contribution in [0.1, 0.15) is 35.1 Å². The molecule has 2 heterocycles. The van der Waals surface area contributed by atoms with Gasteiger partial charge < -0.3 is 34.8 Å². The van der Waals surface area contributed by atoms with E-state index in [0.29, 0.717) is 0 Å². The molecular formula is C87H72Au4N2P4+4. The maximum Gasteiger partial charge on any atom is 1.00 e. The fraction of sp³-hybridized carbons (Fsp3) is 0.0805. The van der Waals surface area contributed by atoms with Crippen LogP contribution in [0.15, 0.2) is 315 Å². The van der Waals surface area contributed by atoms with Crippen molar-refractivity contribution in [3.05, 3.63) is 363 Å². The average molecular weight is 2060 g/mol. The molecule has 0 atom stereocenters. The zero-order valence-electron chi connectivity index (χ0n) is 53.7. The summed E-state index contributed by atoms with van der Waals surface area (Å²) in [5, 5.41) is 16.5. The van der Waals surface area contributed by atoms with Gasteiger partial charge in [-0.1, -0.05) is 170 Å². The Morgan fingerprint density at radius 1 is 0.247 bits per heavy atom. The van der Waals surface area contributed by atoms with Crippen molar-refractivity contribution in [2.75, 3.05) is 18.2 Å². The number of hydrogen-bond donors (Lipinski definition) is 0. The van der Waals surface area contributed by atoms with E-state index < -0.39 is 31.7 Å². The molecular weight excluding hydrogens is 1980 g/mol. The number of aryl methyl sites for hydroxylation is 2. The summed E-state index contributed by atoms with van der Waals surface area (Å²) in [4.78, 5) is 0. The zero-order valence-corrected chi connectivity index (χ0v) is 66.3.